The van der Waals surface area contributed by atoms with E-state index in [4.69, 9.17) is 4.74 Å². The minimum Gasteiger partial charge on any atom is -0.466 e. The van der Waals surface area contributed by atoms with Gasteiger partial charge in [0, 0.05) is 32.1 Å². The molecule has 0 saturated carbocycles. The molecule has 0 N–H and O–H groups in total. The Morgan fingerprint density at radius 2 is 2.33 bits per heavy atom. The van der Waals surface area contributed by atoms with Gasteiger partial charge in [-0.25, -0.2) is 9.97 Å². The van der Waals surface area contributed by atoms with Crippen LogP contribution in [0.4, 0.5) is 0 Å². The number of rotatable bonds is 7. The van der Waals surface area contributed by atoms with E-state index in [2.05, 4.69) is 9.97 Å². The van der Waals surface area contributed by atoms with Crippen molar-refractivity contribution in [1.29, 1.82) is 0 Å². The molecule has 0 aromatic carbocycles. The van der Waals surface area contributed by atoms with Gasteiger partial charge in [0.2, 0.25) is 0 Å². The zero-order chi connectivity index (χ0) is 13.4. The molecule has 0 aliphatic carbocycles. The van der Waals surface area contributed by atoms with Gasteiger partial charge in [-0.1, -0.05) is 0 Å². The van der Waals surface area contributed by atoms with Crippen LogP contribution in [0.5, 0.6) is 0 Å². The number of aromatic nitrogens is 2. The molecule has 1 aromatic heterocycles. The second-order valence-electron chi connectivity index (χ2n) is 3.80. The van der Waals surface area contributed by atoms with E-state index >= 15 is 0 Å². The summed E-state index contributed by atoms with van der Waals surface area (Å²) >= 11 is 1.60. The highest BCUT2D eigenvalue weighted by Gasteiger charge is 2.15. The predicted octanol–water partition coefficient (Wildman–Crippen LogP) is 1.59. The van der Waals surface area contributed by atoms with Crippen molar-refractivity contribution in [2.24, 2.45) is 0 Å². The van der Waals surface area contributed by atoms with Crippen molar-refractivity contribution in [2.75, 3.05) is 27.0 Å². The van der Waals surface area contributed by atoms with Crippen LogP contribution < -0.4 is 0 Å². The first-order valence-corrected chi connectivity index (χ1v) is 6.70. The van der Waals surface area contributed by atoms with E-state index in [0.717, 1.165) is 11.3 Å². The van der Waals surface area contributed by atoms with Crippen LogP contribution in [0.2, 0.25) is 0 Å². The Morgan fingerprint density at radius 1 is 1.56 bits per heavy atom. The molecule has 1 rings (SSSR count). The number of hydrogen-bond acceptors (Lipinski definition) is 6. The zero-order valence-corrected chi connectivity index (χ0v) is 11.6. The summed E-state index contributed by atoms with van der Waals surface area (Å²) in [7, 11) is 3.89. The molecule has 1 aromatic rings. The third-order valence-corrected chi connectivity index (χ3v) is 3.21. The van der Waals surface area contributed by atoms with Gasteiger partial charge < -0.3 is 9.64 Å². The maximum Gasteiger partial charge on any atom is 0.293 e. The summed E-state index contributed by atoms with van der Waals surface area (Å²) in [5, 5.41) is 0.0400. The number of ether oxygens (including phenoxy) is 1. The van der Waals surface area contributed by atoms with Crippen molar-refractivity contribution >= 4 is 24.3 Å². The number of carbonyl (C=O) groups is 1. The minimum absolute atomic E-state index is 0.0400. The molecule has 0 aliphatic rings. The van der Waals surface area contributed by atoms with Gasteiger partial charge in [-0.2, -0.15) is 11.8 Å². The van der Waals surface area contributed by atoms with E-state index in [1.807, 2.05) is 37.5 Å². The number of hydrogen-bond donors (Lipinski definition) is 0. The van der Waals surface area contributed by atoms with Crippen LogP contribution in [0.15, 0.2) is 18.7 Å². The minimum atomic E-state index is 0.0400. The Labute approximate surface area is 111 Å². The Balaban J connectivity index is 2.94. The average Bonchev–Trinajstić information content (AvgIpc) is 2.38. The Kier molecular flexibility index (Phi) is 6.21. The molecule has 98 valence electrons. The smallest absolute Gasteiger partial charge is 0.293 e. The third-order valence-electron chi connectivity index (χ3n) is 2.25. The summed E-state index contributed by atoms with van der Waals surface area (Å²) in [6.45, 7) is 0.781. The van der Waals surface area contributed by atoms with Crippen LogP contribution >= 0.6 is 11.8 Å². The van der Waals surface area contributed by atoms with Gasteiger partial charge in [0.25, 0.3) is 6.47 Å². The summed E-state index contributed by atoms with van der Waals surface area (Å²) in [6, 6.07) is 0. The maximum atomic E-state index is 10.3. The summed E-state index contributed by atoms with van der Waals surface area (Å²) < 4.78 is 4.83. The summed E-state index contributed by atoms with van der Waals surface area (Å²) in [5.74, 6) is 0. The van der Waals surface area contributed by atoms with Crippen molar-refractivity contribution in [3.8, 4) is 0 Å². The van der Waals surface area contributed by atoms with E-state index in [1.165, 1.54) is 6.33 Å². The quantitative estimate of drug-likeness (QED) is 0.699. The fourth-order valence-electron chi connectivity index (χ4n) is 1.37. The molecule has 0 amide bonds. The molecule has 0 bridgehead atoms. The van der Waals surface area contributed by atoms with Crippen molar-refractivity contribution < 1.29 is 9.53 Å². The Morgan fingerprint density at radius 3 is 2.94 bits per heavy atom. The van der Waals surface area contributed by atoms with Crippen molar-refractivity contribution in [1.82, 2.24) is 14.9 Å². The van der Waals surface area contributed by atoms with Crippen LogP contribution in [0.3, 0.4) is 0 Å². The summed E-state index contributed by atoms with van der Waals surface area (Å²) in [4.78, 5) is 20.5. The summed E-state index contributed by atoms with van der Waals surface area (Å²) in [5.41, 5.74) is 1.80. The van der Waals surface area contributed by atoms with Crippen LogP contribution in [-0.4, -0.2) is 48.3 Å². The fourth-order valence-corrected chi connectivity index (χ4v) is 2.02. The van der Waals surface area contributed by atoms with E-state index < -0.39 is 0 Å². The highest BCUT2D eigenvalue weighted by atomic mass is 32.2. The molecule has 0 fully saturated rings. The van der Waals surface area contributed by atoms with Gasteiger partial charge in [-0.3, -0.25) is 4.79 Å². The first-order valence-electron chi connectivity index (χ1n) is 5.41. The first kappa shape index (κ1) is 14.5. The van der Waals surface area contributed by atoms with Crippen molar-refractivity contribution in [2.45, 2.75) is 5.25 Å². The number of thioether (sulfide) groups is 1. The van der Waals surface area contributed by atoms with Crippen LogP contribution in [0, 0.1) is 0 Å². The van der Waals surface area contributed by atoms with E-state index in [0.29, 0.717) is 13.1 Å². The highest BCUT2D eigenvalue weighted by Crippen LogP contribution is 2.28. The molecule has 18 heavy (non-hydrogen) atoms. The lowest BCUT2D eigenvalue weighted by atomic mass is 10.1. The normalized spacial score (nSPS) is 12.4. The molecule has 1 heterocycles. The highest BCUT2D eigenvalue weighted by molar-refractivity contribution is 7.98. The van der Waals surface area contributed by atoms with Gasteiger partial charge in [-0.05, 0) is 12.3 Å². The third kappa shape index (κ3) is 4.37. The zero-order valence-electron chi connectivity index (χ0n) is 10.7. The van der Waals surface area contributed by atoms with E-state index in [1.54, 1.807) is 18.0 Å². The average molecular weight is 267 g/mol. The molecule has 1 atom stereocenters. The van der Waals surface area contributed by atoms with Gasteiger partial charge in [0.05, 0.1) is 10.9 Å². The van der Waals surface area contributed by atoms with Gasteiger partial charge >= 0.3 is 0 Å². The van der Waals surface area contributed by atoms with E-state index in [9.17, 15) is 4.79 Å². The fraction of sp³-hybridized carbons (Fsp3) is 0.417. The molecule has 0 aliphatic heterocycles. The standard InChI is InChI=1S/C12H17N3O2S/c1-15(2)5-4-11-10(6-13-8-14-11)12(18-3)7-17-9-16/h4-6,8-9,12H,7H2,1-3H3. The summed E-state index contributed by atoms with van der Waals surface area (Å²) in [6.07, 6.45) is 9.07. The van der Waals surface area contributed by atoms with E-state index in [-0.39, 0.29) is 5.25 Å². The molecular weight excluding hydrogens is 250 g/mol. The largest absolute Gasteiger partial charge is 0.466 e. The SMILES string of the molecule is CSC(COC=O)c1cncnc1C=CN(C)C. The van der Waals surface area contributed by atoms with Gasteiger partial charge in [0.15, 0.2) is 0 Å². The Hall–Kier alpha value is -1.56. The topological polar surface area (TPSA) is 55.3 Å². The first-order chi connectivity index (χ1) is 8.69. The maximum absolute atomic E-state index is 10.3. The lowest BCUT2D eigenvalue weighted by Crippen LogP contribution is -2.07. The molecule has 6 heteroatoms. The Bertz CT molecular complexity index is 410. The lowest BCUT2D eigenvalue weighted by molar-refractivity contribution is -0.128. The monoisotopic (exact) mass is 267 g/mol. The predicted molar refractivity (Wildman–Crippen MR) is 73.0 cm³/mol. The van der Waals surface area contributed by atoms with Gasteiger partial charge in [0.1, 0.15) is 12.9 Å². The second kappa shape index (κ2) is 7.71. The number of nitrogens with zero attached hydrogens (tertiary/aromatic N) is 3. The van der Waals surface area contributed by atoms with Gasteiger partial charge in [-0.15, -0.1) is 0 Å². The molecule has 5 nitrogen and oxygen atoms in total. The molecule has 0 radical (unpaired) electrons. The number of carbonyl (C=O) groups excluding carboxylic acids is 1. The van der Waals surface area contributed by atoms with Crippen LogP contribution in [-0.2, 0) is 9.53 Å². The van der Waals surface area contributed by atoms with Crippen LogP contribution in [0.25, 0.3) is 6.08 Å². The second-order valence-corrected chi connectivity index (χ2v) is 4.84. The van der Waals surface area contributed by atoms with Crippen LogP contribution in [0.1, 0.15) is 16.5 Å². The molecule has 0 spiro atoms. The van der Waals surface area contributed by atoms with Crippen molar-refractivity contribution in [3.63, 3.8) is 0 Å². The lowest BCUT2D eigenvalue weighted by Gasteiger charge is -2.15. The molecular formula is C12H17N3O2S. The molecule has 1 unspecified atom stereocenters. The molecule has 0 saturated heterocycles. The van der Waals surface area contributed by atoms with Crippen molar-refractivity contribution in [3.05, 3.63) is 30.0 Å².